The molecule has 1 fully saturated rings. The lowest BCUT2D eigenvalue weighted by Gasteiger charge is -2.60. The summed E-state index contributed by atoms with van der Waals surface area (Å²) in [7, 11) is 0. The van der Waals surface area contributed by atoms with Crippen LogP contribution in [0.1, 0.15) is 73.1 Å². The van der Waals surface area contributed by atoms with E-state index in [2.05, 4.69) is 55.1 Å². The van der Waals surface area contributed by atoms with Crippen LogP contribution in [0.15, 0.2) is 186 Å². The summed E-state index contributed by atoms with van der Waals surface area (Å²) in [5.74, 6) is -0.0123. The fraction of sp³-hybridized carbons (Fsp3) is 0.365. The van der Waals surface area contributed by atoms with Gasteiger partial charge in [-0.3, -0.25) is 4.90 Å². The molecule has 9 rings (SSSR count). The molecule has 3 aliphatic rings. The topological polar surface area (TPSA) is 129 Å². The van der Waals surface area contributed by atoms with Crippen LogP contribution in [0.3, 0.4) is 0 Å². The molecule has 392 valence electrons. The van der Waals surface area contributed by atoms with Crippen molar-refractivity contribution in [1.82, 2.24) is 4.90 Å². The molecular formula is C63H70N2O9S. The molecule has 0 aromatic heterocycles. The van der Waals surface area contributed by atoms with Crippen molar-refractivity contribution in [3.05, 3.63) is 198 Å². The second-order valence-electron chi connectivity index (χ2n) is 19.5. The molecule has 1 saturated carbocycles. The zero-order chi connectivity index (χ0) is 51.7. The third-order valence-corrected chi connectivity index (χ3v) is 15.6. The van der Waals surface area contributed by atoms with Crippen molar-refractivity contribution in [3.8, 4) is 11.5 Å². The Labute approximate surface area is 446 Å². The summed E-state index contributed by atoms with van der Waals surface area (Å²) >= 11 is 1.75. The molecule has 1 amide bonds. The predicted molar refractivity (Wildman–Crippen MR) is 296 cm³/mol. The molecule has 12 heteroatoms. The number of benzene rings is 6. The van der Waals surface area contributed by atoms with Crippen LogP contribution < -0.4 is 9.47 Å². The van der Waals surface area contributed by atoms with Crippen molar-refractivity contribution >= 4 is 34.3 Å². The molecule has 6 atom stereocenters. The van der Waals surface area contributed by atoms with Crippen LogP contribution in [-0.4, -0.2) is 84.1 Å². The normalized spacial score (nSPS) is 21.1. The lowest BCUT2D eigenvalue weighted by Crippen LogP contribution is -2.70. The molecule has 0 bridgehead atoms. The fourth-order valence-electron chi connectivity index (χ4n) is 11.3. The molecule has 6 aromatic rings. The average Bonchev–Trinajstić information content (AvgIpc) is 3.47. The fourth-order valence-corrected chi connectivity index (χ4v) is 12.0. The number of carbonyl (C=O) groups excluding carboxylic acids is 1. The molecule has 0 radical (unpaired) electrons. The number of allylic oxidation sites excluding steroid dienone is 1. The van der Waals surface area contributed by atoms with Gasteiger partial charge in [-0.15, -0.1) is 18.3 Å². The van der Waals surface area contributed by atoms with Gasteiger partial charge in [-0.25, -0.2) is 4.79 Å². The SMILES string of the molecule is C=CCO[C@@]12Oc3ccc(OCCSc4ccccc4)cc3[C@H]3[C@H](CCCCO)[C@@H](CCCCO)C=C(C(=NOCc4ccccc4)C[C@@H]1N(Cc1cccc4ccccc14)C(=O)OCCOCc1ccccc1)[C@H]32. The van der Waals surface area contributed by atoms with E-state index < -0.39 is 23.8 Å². The third kappa shape index (κ3) is 13.2. The maximum atomic E-state index is 15.4. The molecule has 2 aliphatic carbocycles. The third-order valence-electron chi connectivity index (χ3n) is 14.7. The van der Waals surface area contributed by atoms with E-state index in [1.54, 1.807) is 22.7 Å². The molecule has 0 spiro atoms. The van der Waals surface area contributed by atoms with Gasteiger partial charge in [0.25, 0.3) is 0 Å². The number of fused-ring (bicyclic) bond motifs is 3. The number of ether oxygens (including phenoxy) is 5. The summed E-state index contributed by atoms with van der Waals surface area (Å²) in [6.07, 6.45) is 8.33. The Bertz CT molecular complexity index is 2820. The van der Waals surface area contributed by atoms with E-state index in [9.17, 15) is 10.2 Å². The number of carbonyl (C=O) groups is 1. The molecular weight excluding hydrogens is 961 g/mol. The summed E-state index contributed by atoms with van der Waals surface area (Å²) in [5, 5.41) is 27.4. The average molecular weight is 1030 g/mol. The van der Waals surface area contributed by atoms with E-state index in [0.29, 0.717) is 37.5 Å². The van der Waals surface area contributed by atoms with Crippen LogP contribution in [0.4, 0.5) is 4.79 Å². The van der Waals surface area contributed by atoms with E-state index in [0.717, 1.165) is 75.8 Å². The van der Waals surface area contributed by atoms with Crippen LogP contribution in [0.2, 0.25) is 0 Å². The van der Waals surface area contributed by atoms with Crippen LogP contribution in [0.25, 0.3) is 10.8 Å². The first-order valence-corrected chi connectivity index (χ1v) is 27.5. The molecule has 2 N–H and O–H groups in total. The lowest BCUT2D eigenvalue weighted by atomic mass is 9.55. The van der Waals surface area contributed by atoms with Gasteiger partial charge in [0.2, 0.25) is 5.79 Å². The highest BCUT2D eigenvalue weighted by Crippen LogP contribution is 2.62. The molecule has 1 aliphatic heterocycles. The van der Waals surface area contributed by atoms with Crippen LogP contribution in [-0.2, 0) is 38.8 Å². The first kappa shape index (κ1) is 53.4. The van der Waals surface area contributed by atoms with Gasteiger partial charge in [0.15, 0.2) is 0 Å². The largest absolute Gasteiger partial charge is 0.493 e. The maximum Gasteiger partial charge on any atom is 0.410 e. The number of rotatable bonds is 27. The Kier molecular flexibility index (Phi) is 19.1. The Morgan fingerprint density at radius 3 is 2.25 bits per heavy atom. The minimum absolute atomic E-state index is 0.0159. The number of nitrogens with zero attached hydrogens (tertiary/aromatic N) is 2. The van der Waals surface area contributed by atoms with Crippen molar-refractivity contribution in [1.29, 1.82) is 0 Å². The summed E-state index contributed by atoms with van der Waals surface area (Å²) in [4.78, 5) is 24.7. The molecule has 11 nitrogen and oxygen atoms in total. The Hall–Kier alpha value is -6.41. The van der Waals surface area contributed by atoms with Gasteiger partial charge in [0.05, 0.1) is 44.6 Å². The number of aliphatic hydroxyl groups is 2. The van der Waals surface area contributed by atoms with Crippen molar-refractivity contribution < 1.29 is 43.5 Å². The number of hydrogen-bond donors (Lipinski definition) is 2. The van der Waals surface area contributed by atoms with Gasteiger partial charge in [0, 0.05) is 41.8 Å². The van der Waals surface area contributed by atoms with E-state index >= 15 is 4.79 Å². The highest BCUT2D eigenvalue weighted by atomic mass is 32.2. The van der Waals surface area contributed by atoms with E-state index in [1.807, 2.05) is 109 Å². The summed E-state index contributed by atoms with van der Waals surface area (Å²) in [5.41, 5.74) is 5.56. The van der Waals surface area contributed by atoms with Crippen LogP contribution >= 0.6 is 11.8 Å². The molecule has 0 unspecified atom stereocenters. The highest BCUT2D eigenvalue weighted by molar-refractivity contribution is 7.99. The lowest BCUT2D eigenvalue weighted by molar-refractivity contribution is -0.256. The minimum Gasteiger partial charge on any atom is -0.493 e. The Morgan fingerprint density at radius 1 is 0.787 bits per heavy atom. The number of hydrogen-bond acceptors (Lipinski definition) is 11. The van der Waals surface area contributed by atoms with Gasteiger partial charge in [0.1, 0.15) is 30.8 Å². The van der Waals surface area contributed by atoms with Crippen molar-refractivity contribution in [3.63, 3.8) is 0 Å². The number of amides is 1. The predicted octanol–water partition coefficient (Wildman–Crippen LogP) is 12.7. The quantitative estimate of drug-likeness (QED) is 0.0223. The molecule has 75 heavy (non-hydrogen) atoms. The number of thioether (sulfide) groups is 1. The molecule has 6 aromatic carbocycles. The summed E-state index contributed by atoms with van der Waals surface area (Å²) in [6, 6.07) is 49.9. The van der Waals surface area contributed by atoms with Gasteiger partial charge >= 0.3 is 6.09 Å². The monoisotopic (exact) mass is 1030 g/mol. The van der Waals surface area contributed by atoms with Gasteiger partial charge in [-0.05, 0) is 101 Å². The first-order chi connectivity index (χ1) is 37.0. The zero-order valence-electron chi connectivity index (χ0n) is 42.8. The zero-order valence-corrected chi connectivity index (χ0v) is 43.6. The molecule has 0 saturated heterocycles. The van der Waals surface area contributed by atoms with Crippen LogP contribution in [0.5, 0.6) is 11.5 Å². The van der Waals surface area contributed by atoms with E-state index in [1.165, 1.54) is 4.90 Å². The van der Waals surface area contributed by atoms with Gasteiger partial charge in [-0.1, -0.05) is 151 Å². The van der Waals surface area contributed by atoms with Crippen molar-refractivity contribution in [2.45, 2.75) is 87.3 Å². The molecule has 1 heterocycles. The maximum absolute atomic E-state index is 15.4. The summed E-state index contributed by atoms with van der Waals surface area (Å²) in [6.45, 7) is 5.93. The van der Waals surface area contributed by atoms with Crippen LogP contribution in [0, 0.1) is 17.8 Å². The standard InChI is InChI=1S/C63H70N2O9S/c1-2-35-72-63-59(65(43-50-26-18-25-48-23-12-13-29-53(48)50)62(68)71-37-36-69-44-46-19-6-3-7-20-46)42-57(64-73-45-47-21-8-4-9-22-47)55-40-49(24-14-16-33-66)54(30-15-17-34-67)60(61(55)63)56-41-51(31-32-58(56)74-63)70-38-39-75-52-27-10-5-11-28-52/h2-13,18-23,25-29,31-32,40-41,49,54,59-61,66-67H,1,14-17,24,30,33-39,42-45H2/t49-,54+,59-,60+,61+,63+/m0/s1. The van der Waals surface area contributed by atoms with Gasteiger partial charge in [-0.2, -0.15) is 0 Å². The summed E-state index contributed by atoms with van der Waals surface area (Å²) < 4.78 is 33.8. The van der Waals surface area contributed by atoms with Gasteiger partial charge < -0.3 is 38.7 Å². The highest BCUT2D eigenvalue weighted by Gasteiger charge is 2.65. The van der Waals surface area contributed by atoms with Crippen molar-refractivity contribution in [2.75, 3.05) is 45.4 Å². The number of aliphatic hydroxyl groups excluding tert-OH is 2. The second kappa shape index (κ2) is 26.9. The smallest absolute Gasteiger partial charge is 0.410 e. The van der Waals surface area contributed by atoms with E-state index in [4.69, 9.17) is 33.7 Å². The minimum atomic E-state index is -1.50. The first-order valence-electron chi connectivity index (χ1n) is 26.6. The second-order valence-corrected chi connectivity index (χ2v) is 20.6. The number of unbranched alkanes of at least 4 members (excludes halogenated alkanes) is 2. The Morgan fingerprint density at radius 2 is 1.49 bits per heavy atom. The van der Waals surface area contributed by atoms with Crippen molar-refractivity contribution in [2.24, 2.45) is 22.9 Å². The van der Waals surface area contributed by atoms with E-state index in [-0.39, 0.29) is 70.4 Å². The Balaban J connectivity index is 1.17. The number of oxime groups is 1.